The normalized spacial score (nSPS) is 13.6. The van der Waals surface area contributed by atoms with E-state index in [0.717, 1.165) is 29.6 Å². The van der Waals surface area contributed by atoms with E-state index in [9.17, 15) is 0 Å². The van der Waals surface area contributed by atoms with Crippen molar-refractivity contribution in [1.82, 2.24) is 0 Å². The number of benzene rings is 2. The van der Waals surface area contributed by atoms with Crippen LogP contribution in [-0.2, 0) is 12.8 Å². The first kappa shape index (κ1) is 13.4. The third kappa shape index (κ3) is 2.78. The van der Waals surface area contributed by atoms with E-state index < -0.39 is 0 Å². The highest BCUT2D eigenvalue weighted by Gasteiger charge is 2.15. The summed E-state index contributed by atoms with van der Waals surface area (Å²) in [5.74, 6) is 0.925. The first-order chi connectivity index (χ1) is 9.76. The summed E-state index contributed by atoms with van der Waals surface area (Å²) in [6, 6.07) is 14.7. The Balaban J connectivity index is 1.88. The smallest absolute Gasteiger partial charge is 0.119 e. The van der Waals surface area contributed by atoms with Crippen LogP contribution in [0.1, 0.15) is 16.7 Å². The molecule has 3 heteroatoms. The molecule has 0 amide bonds. The number of fused-ring (bicyclic) bond motifs is 1. The molecule has 1 aliphatic heterocycles. The van der Waals surface area contributed by atoms with Crippen molar-refractivity contribution in [2.45, 2.75) is 12.8 Å². The number of hydrogen-bond donors (Lipinski definition) is 0. The average Bonchev–Trinajstić information content (AvgIpc) is 2.49. The van der Waals surface area contributed by atoms with E-state index in [1.807, 2.05) is 6.07 Å². The van der Waals surface area contributed by atoms with Crippen LogP contribution < -0.4 is 4.74 Å². The highest BCUT2D eigenvalue weighted by molar-refractivity contribution is 9.10. The summed E-state index contributed by atoms with van der Waals surface area (Å²) in [5.41, 5.74) is 5.07. The Bertz CT molecular complexity index is 647. The van der Waals surface area contributed by atoms with Crippen LogP contribution in [0.15, 0.2) is 51.9 Å². The van der Waals surface area contributed by atoms with Gasteiger partial charge in [-0.25, -0.2) is 0 Å². The lowest BCUT2D eigenvalue weighted by atomic mass is 9.93. The van der Waals surface area contributed by atoms with Crippen LogP contribution in [0.4, 0.5) is 0 Å². The van der Waals surface area contributed by atoms with E-state index in [-0.39, 0.29) is 0 Å². The van der Waals surface area contributed by atoms with Gasteiger partial charge >= 0.3 is 0 Å². The Kier molecular flexibility index (Phi) is 3.88. The molecule has 0 aliphatic carbocycles. The molecular weight excluding hydrogens is 314 g/mol. The number of rotatable bonds is 3. The fourth-order valence-electron chi connectivity index (χ4n) is 2.53. The highest BCUT2D eigenvalue weighted by Crippen LogP contribution is 2.23. The second kappa shape index (κ2) is 5.80. The summed E-state index contributed by atoms with van der Waals surface area (Å²) < 4.78 is 6.41. The molecule has 102 valence electrons. The van der Waals surface area contributed by atoms with Gasteiger partial charge in [0.25, 0.3) is 0 Å². The summed E-state index contributed by atoms with van der Waals surface area (Å²) in [7, 11) is 1.71. The summed E-state index contributed by atoms with van der Waals surface area (Å²) in [6.45, 7) is 0.867. The zero-order chi connectivity index (χ0) is 13.9. The van der Waals surface area contributed by atoms with Crippen molar-refractivity contribution in [3.05, 3.63) is 63.6 Å². The van der Waals surface area contributed by atoms with Gasteiger partial charge in [0.15, 0.2) is 0 Å². The molecule has 0 aromatic heterocycles. The molecule has 0 spiro atoms. The Morgan fingerprint density at radius 1 is 1.15 bits per heavy atom. The fourth-order valence-corrected chi connectivity index (χ4v) is 2.79. The molecule has 0 saturated carbocycles. The van der Waals surface area contributed by atoms with Crippen LogP contribution in [0.3, 0.4) is 0 Å². The first-order valence-electron chi connectivity index (χ1n) is 6.71. The maximum Gasteiger partial charge on any atom is 0.119 e. The number of nitrogens with zero attached hydrogens (tertiary/aromatic N) is 1. The highest BCUT2D eigenvalue weighted by atomic mass is 79.9. The van der Waals surface area contributed by atoms with Crippen molar-refractivity contribution >= 4 is 21.6 Å². The lowest BCUT2D eigenvalue weighted by Gasteiger charge is -2.18. The van der Waals surface area contributed by atoms with E-state index in [1.165, 1.54) is 22.4 Å². The topological polar surface area (TPSA) is 21.6 Å². The second-order valence-electron chi connectivity index (χ2n) is 4.90. The molecule has 0 saturated heterocycles. The second-order valence-corrected chi connectivity index (χ2v) is 5.82. The van der Waals surface area contributed by atoms with Gasteiger partial charge in [-0.3, -0.25) is 4.99 Å². The standard InChI is InChI=1S/C17H16BrNO/c1-20-15-6-7-16-13(11-15)8-9-19-17(16)10-12-2-4-14(18)5-3-12/h2-7,11H,8-10H2,1H3. The zero-order valence-corrected chi connectivity index (χ0v) is 13.0. The van der Waals surface area contributed by atoms with Crippen LogP contribution in [-0.4, -0.2) is 19.4 Å². The molecule has 2 aromatic rings. The van der Waals surface area contributed by atoms with Gasteiger partial charge in [0, 0.05) is 23.1 Å². The van der Waals surface area contributed by atoms with E-state index >= 15 is 0 Å². The van der Waals surface area contributed by atoms with Gasteiger partial charge in [0.2, 0.25) is 0 Å². The molecule has 3 rings (SSSR count). The molecule has 20 heavy (non-hydrogen) atoms. The maximum absolute atomic E-state index is 5.30. The SMILES string of the molecule is COc1ccc2c(c1)CCN=C2Cc1ccc(Br)cc1. The predicted octanol–water partition coefficient (Wildman–Crippen LogP) is 4.05. The van der Waals surface area contributed by atoms with Crippen LogP contribution in [0.2, 0.25) is 0 Å². The number of hydrogen-bond acceptors (Lipinski definition) is 2. The van der Waals surface area contributed by atoms with Gasteiger partial charge in [-0.05, 0) is 53.4 Å². The lowest BCUT2D eigenvalue weighted by molar-refractivity contribution is 0.414. The number of methoxy groups -OCH3 is 1. The molecule has 0 radical (unpaired) electrons. The molecule has 2 nitrogen and oxygen atoms in total. The van der Waals surface area contributed by atoms with Crippen LogP contribution in [0.5, 0.6) is 5.75 Å². The monoisotopic (exact) mass is 329 g/mol. The Labute approximate surface area is 127 Å². The zero-order valence-electron chi connectivity index (χ0n) is 11.4. The van der Waals surface area contributed by atoms with Gasteiger partial charge in [-0.15, -0.1) is 0 Å². The minimum absolute atomic E-state index is 0.867. The van der Waals surface area contributed by atoms with Crippen molar-refractivity contribution < 1.29 is 4.74 Å². The third-order valence-electron chi connectivity index (χ3n) is 3.59. The van der Waals surface area contributed by atoms with E-state index in [1.54, 1.807) is 7.11 Å². The van der Waals surface area contributed by atoms with Crippen molar-refractivity contribution in [3.63, 3.8) is 0 Å². The van der Waals surface area contributed by atoms with Crippen molar-refractivity contribution in [3.8, 4) is 5.75 Å². The first-order valence-corrected chi connectivity index (χ1v) is 7.50. The molecule has 0 fully saturated rings. The fraction of sp³-hybridized carbons (Fsp3) is 0.235. The molecular formula is C17H16BrNO. The Morgan fingerprint density at radius 2 is 1.95 bits per heavy atom. The maximum atomic E-state index is 5.30. The number of halogens is 1. The van der Waals surface area contributed by atoms with Gasteiger partial charge in [0.1, 0.15) is 5.75 Å². The van der Waals surface area contributed by atoms with Gasteiger partial charge in [-0.1, -0.05) is 28.1 Å². The summed E-state index contributed by atoms with van der Waals surface area (Å²) in [6.07, 6.45) is 1.88. The number of ether oxygens (including phenoxy) is 1. The number of aliphatic imine (C=N–C) groups is 1. The van der Waals surface area contributed by atoms with Crippen LogP contribution in [0, 0.1) is 0 Å². The molecule has 0 atom stereocenters. The molecule has 2 aromatic carbocycles. The predicted molar refractivity (Wildman–Crippen MR) is 85.9 cm³/mol. The van der Waals surface area contributed by atoms with E-state index in [0.29, 0.717) is 0 Å². The third-order valence-corrected chi connectivity index (χ3v) is 4.12. The molecule has 1 heterocycles. The molecule has 0 unspecified atom stereocenters. The lowest BCUT2D eigenvalue weighted by Crippen LogP contribution is -2.15. The molecule has 0 bridgehead atoms. The van der Waals surface area contributed by atoms with Crippen LogP contribution >= 0.6 is 15.9 Å². The molecule has 1 aliphatic rings. The van der Waals surface area contributed by atoms with Crippen molar-refractivity contribution in [1.29, 1.82) is 0 Å². The molecule has 0 N–H and O–H groups in total. The minimum atomic E-state index is 0.867. The van der Waals surface area contributed by atoms with E-state index in [4.69, 9.17) is 9.73 Å². The average molecular weight is 330 g/mol. The van der Waals surface area contributed by atoms with Gasteiger partial charge in [0.05, 0.1) is 7.11 Å². The quantitative estimate of drug-likeness (QED) is 0.832. The Hall–Kier alpha value is -1.61. The Morgan fingerprint density at radius 3 is 2.70 bits per heavy atom. The summed E-state index contributed by atoms with van der Waals surface area (Å²) in [5, 5.41) is 0. The summed E-state index contributed by atoms with van der Waals surface area (Å²) in [4.78, 5) is 4.71. The largest absolute Gasteiger partial charge is 0.497 e. The minimum Gasteiger partial charge on any atom is -0.497 e. The summed E-state index contributed by atoms with van der Waals surface area (Å²) >= 11 is 3.47. The van der Waals surface area contributed by atoms with Gasteiger partial charge < -0.3 is 4.74 Å². The van der Waals surface area contributed by atoms with Crippen LogP contribution in [0.25, 0.3) is 0 Å². The van der Waals surface area contributed by atoms with Gasteiger partial charge in [-0.2, -0.15) is 0 Å². The van der Waals surface area contributed by atoms with Crippen molar-refractivity contribution in [2.75, 3.05) is 13.7 Å². The van der Waals surface area contributed by atoms with E-state index in [2.05, 4.69) is 52.3 Å². The van der Waals surface area contributed by atoms with Crippen molar-refractivity contribution in [2.24, 2.45) is 4.99 Å².